The van der Waals surface area contributed by atoms with Gasteiger partial charge < -0.3 is 0 Å². The summed E-state index contributed by atoms with van der Waals surface area (Å²) in [6.07, 6.45) is 3.44. The number of piperidine rings is 1. The first-order valence-corrected chi connectivity index (χ1v) is 11.4. The van der Waals surface area contributed by atoms with Crippen LogP contribution in [-0.4, -0.2) is 44.7 Å². The van der Waals surface area contributed by atoms with Gasteiger partial charge in [-0.05, 0) is 50.3 Å². The van der Waals surface area contributed by atoms with E-state index in [-0.39, 0.29) is 17.0 Å². The van der Waals surface area contributed by atoms with Crippen LogP contribution < -0.4 is 0 Å². The second-order valence-electron chi connectivity index (χ2n) is 6.55. The van der Waals surface area contributed by atoms with E-state index in [1.54, 1.807) is 12.1 Å². The molecule has 23 heavy (non-hydrogen) atoms. The van der Waals surface area contributed by atoms with Gasteiger partial charge in [0.15, 0.2) is 0 Å². The van der Waals surface area contributed by atoms with Crippen molar-refractivity contribution in [3.63, 3.8) is 0 Å². The third kappa shape index (κ3) is 3.04. The number of sulfonamides is 1. The van der Waals surface area contributed by atoms with E-state index in [1.807, 2.05) is 6.92 Å². The average Bonchev–Trinajstić information content (AvgIpc) is 2.72. The molecule has 0 spiro atoms. The first-order valence-electron chi connectivity index (χ1n) is 7.59. The molecule has 0 radical (unpaired) electrons. The summed E-state index contributed by atoms with van der Waals surface area (Å²) in [5, 5.41) is -0.0162. The molecule has 2 saturated heterocycles. The predicted octanol–water partition coefficient (Wildman–Crippen LogP) is 2.38. The van der Waals surface area contributed by atoms with Gasteiger partial charge >= 0.3 is 0 Å². The van der Waals surface area contributed by atoms with Gasteiger partial charge in [-0.2, -0.15) is 4.31 Å². The molecular weight excluding hydrogens is 358 g/mol. The van der Waals surface area contributed by atoms with Crippen molar-refractivity contribution in [1.29, 1.82) is 0 Å². The zero-order chi connectivity index (χ0) is 17.0. The largest absolute Gasteiger partial charge is 0.243 e. The summed E-state index contributed by atoms with van der Waals surface area (Å²) < 4.78 is 51.2. The van der Waals surface area contributed by atoms with Gasteiger partial charge in [0.1, 0.15) is 9.84 Å². The van der Waals surface area contributed by atoms with Crippen molar-refractivity contribution in [1.82, 2.24) is 4.31 Å². The van der Waals surface area contributed by atoms with Crippen LogP contribution in [0.1, 0.15) is 31.2 Å². The number of rotatable bonds is 3. The molecule has 2 heterocycles. The fourth-order valence-corrected chi connectivity index (χ4v) is 6.99. The van der Waals surface area contributed by atoms with Crippen LogP contribution in [-0.2, 0) is 19.9 Å². The van der Waals surface area contributed by atoms with Crippen molar-refractivity contribution >= 4 is 31.5 Å². The third-order valence-corrected chi connectivity index (χ3v) is 8.95. The van der Waals surface area contributed by atoms with Crippen LogP contribution >= 0.6 is 11.6 Å². The van der Waals surface area contributed by atoms with Crippen LogP contribution in [0, 0.1) is 6.92 Å². The fraction of sp³-hybridized carbons (Fsp3) is 0.600. The molecule has 2 aliphatic heterocycles. The van der Waals surface area contributed by atoms with Crippen molar-refractivity contribution in [3.8, 4) is 0 Å². The Morgan fingerprint density at radius 2 is 1.65 bits per heavy atom. The molecule has 128 valence electrons. The normalized spacial score (nSPS) is 28.9. The smallest absolute Gasteiger partial charge is 0.229 e. The Labute approximate surface area is 142 Å². The fourth-order valence-electron chi connectivity index (χ4n) is 3.68. The van der Waals surface area contributed by atoms with Gasteiger partial charge in [0.05, 0.1) is 10.1 Å². The van der Waals surface area contributed by atoms with Gasteiger partial charge in [-0.25, -0.2) is 16.8 Å². The molecule has 5 nitrogen and oxygen atoms in total. The summed E-state index contributed by atoms with van der Waals surface area (Å²) >= 11 is 6.07. The summed E-state index contributed by atoms with van der Waals surface area (Å²) in [6.45, 7) is 1.82. The number of aryl methyl sites for hydroxylation is 1. The van der Waals surface area contributed by atoms with E-state index in [4.69, 9.17) is 11.6 Å². The molecule has 8 heteroatoms. The van der Waals surface area contributed by atoms with E-state index in [9.17, 15) is 16.8 Å². The van der Waals surface area contributed by atoms with E-state index in [0.717, 1.165) is 18.4 Å². The van der Waals surface area contributed by atoms with Crippen molar-refractivity contribution in [2.45, 2.75) is 54.8 Å². The van der Waals surface area contributed by atoms with E-state index in [1.165, 1.54) is 16.6 Å². The van der Waals surface area contributed by atoms with Crippen molar-refractivity contribution in [3.05, 3.63) is 28.8 Å². The minimum Gasteiger partial charge on any atom is -0.229 e. The highest BCUT2D eigenvalue weighted by Crippen LogP contribution is 2.41. The van der Waals surface area contributed by atoms with Crippen LogP contribution in [0.2, 0.25) is 5.02 Å². The third-order valence-electron chi connectivity index (χ3n) is 4.95. The molecule has 0 amide bonds. The Bertz CT molecular complexity index is 821. The molecule has 2 fully saturated rings. The Morgan fingerprint density at radius 3 is 2.13 bits per heavy atom. The van der Waals surface area contributed by atoms with E-state index < -0.39 is 25.1 Å². The summed E-state index contributed by atoms with van der Waals surface area (Å²) in [6, 6.07) is 4.27. The molecule has 0 N–H and O–H groups in total. The van der Waals surface area contributed by atoms with Gasteiger partial charge in [-0.3, -0.25) is 0 Å². The lowest BCUT2D eigenvalue weighted by atomic mass is 10.1. The lowest BCUT2D eigenvalue weighted by Crippen LogP contribution is -2.49. The maximum atomic E-state index is 13.0. The molecule has 2 atom stereocenters. The number of benzene rings is 1. The van der Waals surface area contributed by atoms with Gasteiger partial charge in [0, 0.05) is 23.4 Å². The lowest BCUT2D eigenvalue weighted by molar-refractivity contribution is 0.249. The highest BCUT2D eigenvalue weighted by Gasteiger charge is 2.49. The molecule has 1 aromatic rings. The quantitative estimate of drug-likeness (QED) is 0.810. The summed E-state index contributed by atoms with van der Waals surface area (Å²) in [5.41, 5.74) is 0.823. The predicted molar refractivity (Wildman–Crippen MR) is 89.9 cm³/mol. The lowest BCUT2D eigenvalue weighted by Gasteiger charge is -2.37. The topological polar surface area (TPSA) is 71.5 Å². The Balaban J connectivity index is 1.95. The van der Waals surface area contributed by atoms with Crippen LogP contribution in [0.4, 0.5) is 0 Å². The number of halogens is 1. The van der Waals surface area contributed by atoms with Crippen molar-refractivity contribution in [2.75, 3.05) is 6.26 Å². The molecular formula is C15H20ClNO4S2. The molecule has 2 bridgehead atoms. The Kier molecular flexibility index (Phi) is 4.28. The van der Waals surface area contributed by atoms with Crippen LogP contribution in [0.25, 0.3) is 0 Å². The minimum atomic E-state index is -3.65. The number of sulfone groups is 1. The maximum Gasteiger partial charge on any atom is 0.243 e. The molecule has 0 unspecified atom stereocenters. The number of hydrogen-bond donors (Lipinski definition) is 0. The van der Waals surface area contributed by atoms with E-state index in [0.29, 0.717) is 17.9 Å². The number of hydrogen-bond acceptors (Lipinski definition) is 4. The zero-order valence-electron chi connectivity index (χ0n) is 13.1. The monoisotopic (exact) mass is 377 g/mol. The second-order valence-corrected chi connectivity index (χ2v) is 11.1. The Morgan fingerprint density at radius 1 is 1.09 bits per heavy atom. The van der Waals surface area contributed by atoms with Gasteiger partial charge in [0.2, 0.25) is 10.0 Å². The first-order chi connectivity index (χ1) is 10.6. The van der Waals surface area contributed by atoms with Gasteiger partial charge in [0.25, 0.3) is 0 Å². The first kappa shape index (κ1) is 17.2. The van der Waals surface area contributed by atoms with E-state index >= 15 is 0 Å². The highest BCUT2D eigenvalue weighted by molar-refractivity contribution is 7.91. The summed E-state index contributed by atoms with van der Waals surface area (Å²) in [5.74, 6) is 0. The molecule has 1 aromatic carbocycles. The number of nitrogens with zero attached hydrogens (tertiary/aromatic N) is 1. The Hall–Kier alpha value is -0.630. The van der Waals surface area contributed by atoms with E-state index in [2.05, 4.69) is 0 Å². The summed E-state index contributed by atoms with van der Waals surface area (Å²) in [4.78, 5) is 0.183. The minimum absolute atomic E-state index is 0.183. The van der Waals surface area contributed by atoms with Gasteiger partial charge in [-0.15, -0.1) is 0 Å². The molecule has 0 aromatic heterocycles. The summed E-state index contributed by atoms with van der Waals surface area (Å²) in [7, 11) is -6.79. The van der Waals surface area contributed by atoms with Crippen LogP contribution in [0.5, 0.6) is 0 Å². The molecule has 0 aliphatic carbocycles. The average molecular weight is 378 g/mol. The van der Waals surface area contributed by atoms with Crippen molar-refractivity contribution < 1.29 is 16.8 Å². The highest BCUT2D eigenvalue weighted by atomic mass is 35.5. The molecule has 2 aliphatic rings. The maximum absolute atomic E-state index is 13.0. The number of fused-ring (bicyclic) bond motifs is 2. The SMILES string of the molecule is Cc1ccc(S(=O)(=O)N2[C@H]3CC[C@H]2CC(S(C)(=O)=O)C3)cc1Cl. The second kappa shape index (κ2) is 5.72. The van der Waals surface area contributed by atoms with Gasteiger partial charge in [-0.1, -0.05) is 17.7 Å². The standard InChI is InChI=1S/C15H20ClNO4S2/c1-10-3-6-13(9-15(10)16)23(20,21)17-11-4-5-12(17)8-14(7-11)22(2,18)19/h3,6,9,11-12,14H,4-5,7-8H2,1-2H3/t11-,12-/m0/s1. The molecule has 3 rings (SSSR count). The van der Waals surface area contributed by atoms with Crippen LogP contribution in [0.3, 0.4) is 0 Å². The van der Waals surface area contributed by atoms with Crippen molar-refractivity contribution in [2.24, 2.45) is 0 Å². The molecule has 0 saturated carbocycles. The zero-order valence-corrected chi connectivity index (χ0v) is 15.5. The van der Waals surface area contributed by atoms with Crippen LogP contribution in [0.15, 0.2) is 23.1 Å².